The molecule has 0 radical (unpaired) electrons. The number of carbonyl (C=O) groups excluding carboxylic acids is 2. The summed E-state index contributed by atoms with van der Waals surface area (Å²) in [5.74, 6) is -0.571. The minimum Gasteiger partial charge on any atom is -0.506 e. The molecule has 0 aliphatic heterocycles. The third-order valence-corrected chi connectivity index (χ3v) is 6.08. The second-order valence-corrected chi connectivity index (χ2v) is 9.98. The second kappa shape index (κ2) is 13.1. The van der Waals surface area contributed by atoms with E-state index in [4.69, 9.17) is 0 Å². The van der Waals surface area contributed by atoms with Gasteiger partial charge in [0, 0.05) is 32.9 Å². The van der Waals surface area contributed by atoms with E-state index in [1.165, 1.54) is 12.4 Å². The minimum atomic E-state index is -0.302. The molecule has 170 valence electrons. The second-order valence-electron chi connectivity index (χ2n) is 6.44. The molecular weight excluding hydrogens is 680 g/mol. The highest BCUT2D eigenvalue weighted by Gasteiger charge is 2.07. The molecule has 0 unspecified atom stereocenters. The Balaban J connectivity index is 1.69. The van der Waals surface area contributed by atoms with Crippen molar-refractivity contribution in [2.24, 2.45) is 10.2 Å². The Morgan fingerprint density at radius 3 is 1.50 bits per heavy atom. The third kappa shape index (κ3) is 8.64. The van der Waals surface area contributed by atoms with Crippen molar-refractivity contribution in [2.75, 3.05) is 0 Å². The summed E-state index contributed by atoms with van der Waals surface area (Å²) in [7, 11) is 0. The van der Waals surface area contributed by atoms with Crippen LogP contribution in [-0.4, -0.2) is 34.5 Å². The summed E-state index contributed by atoms with van der Waals surface area (Å²) in [6.07, 6.45) is 4.06. The molecule has 0 spiro atoms. The first-order valence-corrected chi connectivity index (χ1v) is 12.3. The van der Waals surface area contributed by atoms with E-state index in [2.05, 4.69) is 84.8 Å². The summed E-state index contributed by atoms with van der Waals surface area (Å²) in [5.41, 5.74) is 5.65. The van der Waals surface area contributed by atoms with Crippen molar-refractivity contribution in [3.05, 3.63) is 53.3 Å². The molecule has 0 atom stereocenters. The number of phenols is 2. The van der Waals surface area contributed by atoms with Crippen LogP contribution in [0.5, 0.6) is 11.5 Å². The number of unbranched alkanes of at least 4 members (excludes halogenated alkanes) is 1. The SMILES string of the molecule is O=C(CCCCC(=O)N/N=C\c1cc(Br)cc(Br)c1O)N/N=C\c1cc(Br)cc(Br)c1O. The minimum absolute atomic E-state index is 0.0163. The Morgan fingerprint density at radius 2 is 1.12 bits per heavy atom. The van der Waals surface area contributed by atoms with Crippen molar-refractivity contribution in [1.29, 1.82) is 0 Å². The van der Waals surface area contributed by atoms with Crippen molar-refractivity contribution in [1.82, 2.24) is 10.9 Å². The van der Waals surface area contributed by atoms with E-state index >= 15 is 0 Å². The molecule has 0 aliphatic rings. The molecule has 0 aliphatic carbocycles. The predicted molar refractivity (Wildman–Crippen MR) is 137 cm³/mol. The predicted octanol–water partition coefficient (Wildman–Crippen LogP) is 5.31. The molecule has 0 saturated heterocycles. The first-order valence-electron chi connectivity index (χ1n) is 9.17. The van der Waals surface area contributed by atoms with Gasteiger partial charge in [0.05, 0.1) is 21.4 Å². The number of phenolic OH excluding ortho intramolecular Hbond substituents is 2. The standard InChI is InChI=1S/C20H18Br4N4O4/c21-13-5-11(19(31)15(23)7-13)9-25-27-17(29)3-1-2-4-18(30)28-26-10-12-6-14(22)8-16(24)20(12)32/h5-10,31-32H,1-4H2,(H,27,29)(H,28,30)/b25-9-,26-10-. The topological polar surface area (TPSA) is 123 Å². The molecular formula is C20H18Br4N4O4. The van der Waals surface area contributed by atoms with Gasteiger partial charge in [0.1, 0.15) is 11.5 Å². The Kier molecular flexibility index (Phi) is 10.8. The number of hydrogen-bond donors (Lipinski definition) is 4. The molecule has 0 bridgehead atoms. The lowest BCUT2D eigenvalue weighted by atomic mass is 10.2. The van der Waals surface area contributed by atoms with Gasteiger partial charge >= 0.3 is 0 Å². The zero-order chi connectivity index (χ0) is 23.7. The summed E-state index contributed by atoms with van der Waals surface area (Å²) in [5, 5.41) is 27.6. The Hall–Kier alpha value is -1.76. The number of halogens is 4. The van der Waals surface area contributed by atoms with Crippen molar-refractivity contribution in [3.8, 4) is 11.5 Å². The van der Waals surface area contributed by atoms with E-state index in [0.717, 1.165) is 8.95 Å². The van der Waals surface area contributed by atoms with E-state index in [1.54, 1.807) is 24.3 Å². The fourth-order valence-electron chi connectivity index (χ4n) is 2.40. The molecule has 0 saturated carbocycles. The first kappa shape index (κ1) is 26.5. The van der Waals surface area contributed by atoms with Crippen LogP contribution in [0.1, 0.15) is 36.8 Å². The van der Waals surface area contributed by atoms with Crippen molar-refractivity contribution >= 4 is 88.0 Å². The highest BCUT2D eigenvalue weighted by molar-refractivity contribution is 9.11. The average molecular weight is 698 g/mol. The molecule has 2 aromatic rings. The third-order valence-electron chi connectivity index (χ3n) is 3.96. The Morgan fingerprint density at radius 1 is 0.750 bits per heavy atom. The van der Waals surface area contributed by atoms with E-state index in [-0.39, 0.29) is 36.2 Å². The van der Waals surface area contributed by atoms with Gasteiger partial charge in [-0.3, -0.25) is 9.59 Å². The lowest BCUT2D eigenvalue weighted by molar-refractivity contribution is -0.123. The molecule has 8 nitrogen and oxygen atoms in total. The van der Waals surface area contributed by atoms with Gasteiger partial charge in [-0.05, 0) is 69.0 Å². The smallest absolute Gasteiger partial charge is 0.240 e. The largest absolute Gasteiger partial charge is 0.506 e. The zero-order valence-corrected chi connectivity index (χ0v) is 22.8. The molecule has 2 aromatic carbocycles. The van der Waals surface area contributed by atoms with Crippen molar-refractivity contribution < 1.29 is 19.8 Å². The fourth-order valence-corrected chi connectivity index (χ4v) is 4.92. The van der Waals surface area contributed by atoms with Gasteiger partial charge in [0.15, 0.2) is 0 Å². The summed E-state index contributed by atoms with van der Waals surface area (Å²) in [4.78, 5) is 23.7. The van der Waals surface area contributed by atoms with Gasteiger partial charge in [-0.15, -0.1) is 0 Å². The number of nitrogens with one attached hydrogen (secondary N) is 2. The van der Waals surface area contributed by atoms with Gasteiger partial charge < -0.3 is 10.2 Å². The lowest BCUT2D eigenvalue weighted by Crippen LogP contribution is -2.19. The van der Waals surface area contributed by atoms with Crippen LogP contribution in [0.15, 0.2) is 52.4 Å². The van der Waals surface area contributed by atoms with E-state index in [9.17, 15) is 19.8 Å². The van der Waals surface area contributed by atoms with Crippen molar-refractivity contribution in [2.45, 2.75) is 25.7 Å². The number of benzene rings is 2. The molecule has 0 heterocycles. The van der Waals surface area contributed by atoms with E-state index in [0.29, 0.717) is 32.9 Å². The van der Waals surface area contributed by atoms with Crippen LogP contribution in [0.3, 0.4) is 0 Å². The maximum Gasteiger partial charge on any atom is 0.240 e. The zero-order valence-electron chi connectivity index (χ0n) is 16.4. The van der Waals surface area contributed by atoms with Gasteiger partial charge in [0.25, 0.3) is 0 Å². The average Bonchev–Trinajstić information content (AvgIpc) is 2.72. The molecule has 0 aromatic heterocycles. The van der Waals surface area contributed by atoms with E-state index in [1.807, 2.05) is 0 Å². The number of rotatable bonds is 9. The van der Waals surface area contributed by atoms with Crippen LogP contribution in [-0.2, 0) is 9.59 Å². The number of hydrogen-bond acceptors (Lipinski definition) is 6. The van der Waals surface area contributed by atoms with Crippen LogP contribution < -0.4 is 10.9 Å². The molecule has 4 N–H and O–H groups in total. The highest BCUT2D eigenvalue weighted by atomic mass is 79.9. The van der Waals surface area contributed by atoms with Crippen LogP contribution in [0.2, 0.25) is 0 Å². The van der Waals surface area contributed by atoms with E-state index < -0.39 is 0 Å². The number of hydrazone groups is 2. The molecule has 32 heavy (non-hydrogen) atoms. The first-order chi connectivity index (χ1) is 15.2. The molecule has 12 heteroatoms. The number of nitrogens with zero attached hydrogens (tertiary/aromatic N) is 2. The van der Waals surface area contributed by atoms with Crippen LogP contribution in [0.25, 0.3) is 0 Å². The Bertz CT molecular complexity index is 977. The summed E-state index contributed by atoms with van der Waals surface area (Å²) in [6.45, 7) is 0. The summed E-state index contributed by atoms with van der Waals surface area (Å²) < 4.78 is 2.50. The van der Waals surface area contributed by atoms with Gasteiger partial charge in [-0.25, -0.2) is 10.9 Å². The number of amides is 2. The van der Waals surface area contributed by atoms with Crippen molar-refractivity contribution in [3.63, 3.8) is 0 Å². The summed E-state index contributed by atoms with van der Waals surface area (Å²) in [6, 6.07) is 6.70. The van der Waals surface area contributed by atoms with Crippen LogP contribution in [0, 0.1) is 0 Å². The summed E-state index contributed by atoms with van der Waals surface area (Å²) >= 11 is 13.1. The highest BCUT2D eigenvalue weighted by Crippen LogP contribution is 2.31. The Labute approximate surface area is 218 Å². The maximum absolute atomic E-state index is 11.9. The normalized spacial score (nSPS) is 11.2. The van der Waals surface area contributed by atoms with Gasteiger partial charge in [-0.1, -0.05) is 31.9 Å². The van der Waals surface area contributed by atoms with Gasteiger partial charge in [-0.2, -0.15) is 10.2 Å². The lowest BCUT2D eigenvalue weighted by Gasteiger charge is -2.04. The quantitative estimate of drug-likeness (QED) is 0.161. The number of carbonyl (C=O) groups is 2. The molecule has 2 rings (SSSR count). The molecule has 2 amide bonds. The van der Waals surface area contributed by atoms with Gasteiger partial charge in [0.2, 0.25) is 11.8 Å². The maximum atomic E-state index is 11.9. The monoisotopic (exact) mass is 694 g/mol. The molecule has 0 fully saturated rings. The number of aromatic hydroxyl groups is 2. The fraction of sp³-hybridized carbons (Fsp3) is 0.200. The van der Waals surface area contributed by atoms with Crippen LogP contribution >= 0.6 is 63.7 Å². The van der Waals surface area contributed by atoms with Crippen LogP contribution in [0.4, 0.5) is 0 Å².